The van der Waals surface area contributed by atoms with Crippen LogP contribution in [-0.4, -0.2) is 27.2 Å². The van der Waals surface area contributed by atoms with Gasteiger partial charge in [-0.25, -0.2) is 9.97 Å². The van der Waals surface area contributed by atoms with E-state index in [0.717, 1.165) is 15.8 Å². The van der Waals surface area contributed by atoms with Crippen LogP contribution in [0.25, 0.3) is 10.2 Å². The summed E-state index contributed by atoms with van der Waals surface area (Å²) >= 11 is 2.94. The first kappa shape index (κ1) is 16.0. The fourth-order valence-corrected chi connectivity index (χ4v) is 3.81. The Morgan fingerprint density at radius 1 is 1.29 bits per heavy atom. The number of fused-ring (bicyclic) bond motifs is 1. The van der Waals surface area contributed by atoms with Crippen molar-refractivity contribution in [1.82, 2.24) is 15.3 Å². The second-order valence-electron chi connectivity index (χ2n) is 5.28. The lowest BCUT2D eigenvalue weighted by Gasteiger charge is -2.13. The van der Waals surface area contributed by atoms with Crippen molar-refractivity contribution in [3.05, 3.63) is 10.4 Å². The lowest BCUT2D eigenvalue weighted by atomic mass is 10.2. The zero-order valence-corrected chi connectivity index (χ0v) is 14.5. The number of hydrogen-bond acceptors (Lipinski definition) is 6. The molecule has 1 amide bonds. The number of carbonyl (C=O) groups is 1. The highest BCUT2D eigenvalue weighted by Gasteiger charge is 2.19. The fourth-order valence-electron chi connectivity index (χ4n) is 1.93. The van der Waals surface area contributed by atoms with Gasteiger partial charge in [0.1, 0.15) is 10.6 Å². The van der Waals surface area contributed by atoms with Crippen LogP contribution in [0.5, 0.6) is 0 Å². The van der Waals surface area contributed by atoms with E-state index in [4.69, 9.17) is 5.73 Å². The van der Waals surface area contributed by atoms with Gasteiger partial charge in [0.2, 0.25) is 5.91 Å². The number of anilines is 1. The minimum Gasteiger partial charge on any atom is -0.383 e. The van der Waals surface area contributed by atoms with Crippen LogP contribution in [0.15, 0.2) is 5.16 Å². The molecule has 2 aromatic heterocycles. The van der Waals surface area contributed by atoms with E-state index >= 15 is 0 Å². The smallest absolute Gasteiger partial charge is 0.233 e. The maximum absolute atomic E-state index is 11.9. The monoisotopic (exact) mass is 324 g/mol. The molecule has 0 radical (unpaired) electrons. The van der Waals surface area contributed by atoms with Gasteiger partial charge in [-0.2, -0.15) is 0 Å². The van der Waals surface area contributed by atoms with E-state index in [1.165, 1.54) is 16.6 Å². The molecule has 114 valence electrons. The summed E-state index contributed by atoms with van der Waals surface area (Å²) in [6.07, 6.45) is 0. The van der Waals surface area contributed by atoms with Crippen molar-refractivity contribution in [2.75, 3.05) is 5.73 Å². The van der Waals surface area contributed by atoms with Crippen LogP contribution in [0.4, 0.5) is 5.82 Å². The molecule has 3 N–H and O–H groups in total. The quantitative estimate of drug-likeness (QED) is 0.667. The van der Waals surface area contributed by atoms with Gasteiger partial charge in [-0.1, -0.05) is 11.8 Å². The first-order valence-corrected chi connectivity index (χ1v) is 8.49. The number of aromatic nitrogens is 2. The minimum absolute atomic E-state index is 0.0178. The Morgan fingerprint density at radius 2 is 1.95 bits per heavy atom. The number of nitrogen functional groups attached to an aromatic ring is 1. The number of hydrogen-bond donors (Lipinski definition) is 2. The van der Waals surface area contributed by atoms with Crippen molar-refractivity contribution in [3.63, 3.8) is 0 Å². The largest absolute Gasteiger partial charge is 0.383 e. The van der Waals surface area contributed by atoms with Gasteiger partial charge in [-0.15, -0.1) is 11.3 Å². The molecule has 2 heterocycles. The summed E-state index contributed by atoms with van der Waals surface area (Å²) in [6, 6.07) is 0.122. The number of aryl methyl sites for hydroxylation is 2. The summed E-state index contributed by atoms with van der Waals surface area (Å²) in [6.45, 7) is 9.79. The SMILES string of the molecule is Cc1sc2nc(SC(C)C(=O)NC(C)C)nc(N)c2c1C. The molecule has 2 aromatic rings. The van der Waals surface area contributed by atoms with E-state index < -0.39 is 0 Å². The van der Waals surface area contributed by atoms with Gasteiger partial charge in [-0.05, 0) is 40.2 Å². The maximum atomic E-state index is 11.9. The average molecular weight is 324 g/mol. The number of amides is 1. The fraction of sp³-hybridized carbons (Fsp3) is 0.500. The minimum atomic E-state index is -0.258. The standard InChI is InChI=1S/C14H20N4OS2/c1-6(2)16-12(19)9(5)21-14-17-11(15)10-7(3)8(4)20-13(10)18-14/h6,9H,1-5H3,(H,16,19)(H2,15,17,18). The third-order valence-corrected chi connectivity index (χ3v) is 5.18. The molecule has 0 fully saturated rings. The number of nitrogens with zero attached hydrogens (tertiary/aromatic N) is 2. The van der Waals surface area contributed by atoms with Gasteiger partial charge in [0.25, 0.3) is 0 Å². The van der Waals surface area contributed by atoms with Crippen LogP contribution >= 0.6 is 23.1 Å². The highest BCUT2D eigenvalue weighted by Crippen LogP contribution is 2.34. The van der Waals surface area contributed by atoms with E-state index in [-0.39, 0.29) is 17.2 Å². The molecule has 0 aliphatic rings. The normalized spacial score (nSPS) is 12.9. The molecule has 0 aromatic carbocycles. The van der Waals surface area contributed by atoms with Crippen LogP contribution in [-0.2, 0) is 4.79 Å². The molecular weight excluding hydrogens is 304 g/mol. The van der Waals surface area contributed by atoms with Gasteiger partial charge in [0.15, 0.2) is 5.16 Å². The second kappa shape index (κ2) is 6.19. The van der Waals surface area contributed by atoms with Crippen LogP contribution in [0.1, 0.15) is 31.2 Å². The molecule has 7 heteroatoms. The van der Waals surface area contributed by atoms with E-state index in [2.05, 4.69) is 15.3 Å². The van der Waals surface area contributed by atoms with Crippen molar-refractivity contribution >= 4 is 45.0 Å². The van der Waals surface area contributed by atoms with E-state index in [1.54, 1.807) is 11.3 Å². The average Bonchev–Trinajstić information content (AvgIpc) is 2.64. The van der Waals surface area contributed by atoms with Gasteiger partial charge < -0.3 is 11.1 Å². The Labute approximate surface area is 132 Å². The second-order valence-corrected chi connectivity index (χ2v) is 7.79. The summed E-state index contributed by atoms with van der Waals surface area (Å²) in [5, 5.41) is 4.11. The van der Waals surface area contributed by atoms with Crippen LogP contribution < -0.4 is 11.1 Å². The lowest BCUT2D eigenvalue weighted by Crippen LogP contribution is -2.35. The van der Waals surface area contributed by atoms with Crippen molar-refractivity contribution in [2.24, 2.45) is 0 Å². The van der Waals surface area contributed by atoms with E-state index in [0.29, 0.717) is 11.0 Å². The third kappa shape index (κ3) is 3.47. The van der Waals surface area contributed by atoms with Crippen LogP contribution in [0.2, 0.25) is 0 Å². The van der Waals surface area contributed by atoms with Crippen molar-refractivity contribution in [1.29, 1.82) is 0 Å². The highest BCUT2D eigenvalue weighted by atomic mass is 32.2. The number of carbonyl (C=O) groups excluding carboxylic acids is 1. The van der Waals surface area contributed by atoms with Gasteiger partial charge in [0.05, 0.1) is 10.6 Å². The number of nitrogens with one attached hydrogen (secondary N) is 1. The van der Waals surface area contributed by atoms with Crippen LogP contribution in [0, 0.1) is 13.8 Å². The third-order valence-electron chi connectivity index (χ3n) is 3.12. The molecule has 2 rings (SSSR count). The molecule has 0 saturated carbocycles. The molecule has 5 nitrogen and oxygen atoms in total. The molecular formula is C14H20N4OS2. The Hall–Kier alpha value is -1.34. The Morgan fingerprint density at radius 3 is 2.57 bits per heavy atom. The molecule has 0 spiro atoms. The molecule has 0 bridgehead atoms. The maximum Gasteiger partial charge on any atom is 0.233 e. The highest BCUT2D eigenvalue weighted by molar-refractivity contribution is 8.00. The Kier molecular flexibility index (Phi) is 4.73. The summed E-state index contributed by atoms with van der Waals surface area (Å²) in [5.74, 6) is 0.469. The van der Waals surface area contributed by atoms with E-state index in [9.17, 15) is 4.79 Å². The lowest BCUT2D eigenvalue weighted by molar-refractivity contribution is -0.120. The van der Waals surface area contributed by atoms with E-state index in [1.807, 2.05) is 34.6 Å². The first-order valence-electron chi connectivity index (χ1n) is 6.79. The number of thiophene rings is 1. The topological polar surface area (TPSA) is 80.9 Å². The van der Waals surface area contributed by atoms with Crippen molar-refractivity contribution in [3.8, 4) is 0 Å². The van der Waals surface area contributed by atoms with Crippen molar-refractivity contribution < 1.29 is 4.79 Å². The molecule has 21 heavy (non-hydrogen) atoms. The summed E-state index contributed by atoms with van der Waals surface area (Å²) in [4.78, 5) is 22.9. The van der Waals surface area contributed by atoms with Gasteiger partial charge in [-0.3, -0.25) is 4.79 Å². The summed E-state index contributed by atoms with van der Waals surface area (Å²) in [5.41, 5.74) is 7.18. The van der Waals surface area contributed by atoms with Gasteiger partial charge in [0, 0.05) is 10.9 Å². The first-order chi connectivity index (χ1) is 9.79. The zero-order chi connectivity index (χ0) is 15.7. The molecule has 1 atom stereocenters. The molecule has 0 saturated heterocycles. The van der Waals surface area contributed by atoms with Crippen LogP contribution in [0.3, 0.4) is 0 Å². The number of rotatable bonds is 4. The predicted octanol–water partition coefficient (Wildman–Crippen LogP) is 2.90. The molecule has 1 unspecified atom stereocenters. The Balaban J connectivity index is 2.25. The zero-order valence-electron chi connectivity index (χ0n) is 12.9. The number of nitrogens with two attached hydrogens (primary N) is 1. The molecule has 0 aliphatic carbocycles. The molecule has 0 aliphatic heterocycles. The summed E-state index contributed by atoms with van der Waals surface area (Å²) < 4.78 is 0. The van der Waals surface area contributed by atoms with Crippen molar-refractivity contribution in [2.45, 2.75) is 51.1 Å². The number of thioether (sulfide) groups is 1. The van der Waals surface area contributed by atoms with Gasteiger partial charge >= 0.3 is 0 Å². The predicted molar refractivity (Wildman–Crippen MR) is 89.9 cm³/mol. The summed E-state index contributed by atoms with van der Waals surface area (Å²) in [7, 11) is 0. The Bertz CT molecular complexity index is 681.